The van der Waals surface area contributed by atoms with Crippen LogP contribution in [0.3, 0.4) is 0 Å². The van der Waals surface area contributed by atoms with Gasteiger partial charge in [-0.2, -0.15) is 0 Å². The number of nitrogens with zero attached hydrogens (tertiary/aromatic N) is 3. The van der Waals surface area contributed by atoms with Gasteiger partial charge in [-0.3, -0.25) is 9.78 Å². The van der Waals surface area contributed by atoms with Crippen molar-refractivity contribution in [3.05, 3.63) is 84.1 Å². The van der Waals surface area contributed by atoms with E-state index >= 15 is 0 Å². The van der Waals surface area contributed by atoms with Gasteiger partial charge >= 0.3 is 0 Å². The van der Waals surface area contributed by atoms with Crippen LogP contribution in [-0.4, -0.2) is 32.4 Å². The zero-order chi connectivity index (χ0) is 19.2. The van der Waals surface area contributed by atoms with Crippen molar-refractivity contribution in [3.8, 4) is 0 Å². The molecule has 0 radical (unpaired) electrons. The highest BCUT2D eigenvalue weighted by molar-refractivity contribution is 5.92. The Bertz CT molecular complexity index is 1080. The van der Waals surface area contributed by atoms with Crippen molar-refractivity contribution in [2.24, 2.45) is 0 Å². The number of pyridine rings is 1. The summed E-state index contributed by atoms with van der Waals surface area (Å²) in [6.07, 6.45) is 7.85. The zero-order valence-electron chi connectivity index (χ0n) is 15.2. The van der Waals surface area contributed by atoms with E-state index in [0.29, 0.717) is 24.7 Å². The van der Waals surface area contributed by atoms with Crippen LogP contribution in [-0.2, 0) is 13.0 Å². The number of hydrogen-bond donors (Lipinski definition) is 3. The molecule has 1 aromatic carbocycles. The summed E-state index contributed by atoms with van der Waals surface area (Å²) in [5.74, 6) is 0.194. The quantitative estimate of drug-likeness (QED) is 0.464. The van der Waals surface area contributed by atoms with Crippen molar-refractivity contribution in [2.75, 3.05) is 11.9 Å². The summed E-state index contributed by atoms with van der Waals surface area (Å²) in [5.41, 5.74) is 3.62. The van der Waals surface area contributed by atoms with Crippen molar-refractivity contribution in [3.63, 3.8) is 0 Å². The molecule has 0 aliphatic carbocycles. The fraction of sp³-hybridized carbons (Fsp3) is 0.143. The summed E-state index contributed by atoms with van der Waals surface area (Å²) >= 11 is 0. The van der Waals surface area contributed by atoms with E-state index in [9.17, 15) is 4.79 Å². The van der Waals surface area contributed by atoms with Gasteiger partial charge < -0.3 is 15.6 Å². The fourth-order valence-electron chi connectivity index (χ4n) is 2.99. The van der Waals surface area contributed by atoms with Crippen molar-refractivity contribution in [1.29, 1.82) is 0 Å². The van der Waals surface area contributed by atoms with E-state index < -0.39 is 0 Å². The van der Waals surface area contributed by atoms with Gasteiger partial charge in [0.25, 0.3) is 5.91 Å². The number of carbonyl (C=O) groups is 1. The number of aromatic amines is 1. The van der Waals surface area contributed by atoms with Gasteiger partial charge in [0.2, 0.25) is 5.95 Å². The Balaban J connectivity index is 1.33. The van der Waals surface area contributed by atoms with E-state index in [4.69, 9.17) is 0 Å². The average molecular weight is 372 g/mol. The first kappa shape index (κ1) is 17.7. The number of hydrogen-bond acceptors (Lipinski definition) is 5. The van der Waals surface area contributed by atoms with E-state index in [1.807, 2.05) is 30.5 Å². The highest BCUT2D eigenvalue weighted by Crippen LogP contribution is 2.18. The third-order valence-electron chi connectivity index (χ3n) is 4.42. The summed E-state index contributed by atoms with van der Waals surface area (Å²) < 4.78 is 0. The van der Waals surface area contributed by atoms with Gasteiger partial charge in [0.15, 0.2) is 0 Å². The van der Waals surface area contributed by atoms with Gasteiger partial charge in [-0.1, -0.05) is 24.3 Å². The van der Waals surface area contributed by atoms with Crippen molar-refractivity contribution in [2.45, 2.75) is 13.0 Å². The minimum Gasteiger partial charge on any atom is -0.361 e. The van der Waals surface area contributed by atoms with Gasteiger partial charge in [-0.25, -0.2) is 9.97 Å². The van der Waals surface area contributed by atoms with Crippen LogP contribution in [0, 0.1) is 0 Å². The van der Waals surface area contributed by atoms with Crippen LogP contribution in [0.25, 0.3) is 10.9 Å². The number of aromatic nitrogens is 4. The molecule has 0 aliphatic heterocycles. The lowest BCUT2D eigenvalue weighted by atomic mass is 10.1. The van der Waals surface area contributed by atoms with Gasteiger partial charge in [-0.15, -0.1) is 0 Å². The van der Waals surface area contributed by atoms with E-state index in [-0.39, 0.29) is 5.91 Å². The number of anilines is 1. The largest absolute Gasteiger partial charge is 0.361 e. The molecule has 0 unspecified atom stereocenters. The lowest BCUT2D eigenvalue weighted by Gasteiger charge is -2.07. The van der Waals surface area contributed by atoms with Gasteiger partial charge in [-0.05, 0) is 35.7 Å². The topological polar surface area (TPSA) is 95.6 Å². The molecule has 7 nitrogen and oxygen atoms in total. The predicted octanol–water partition coefficient (Wildman–Crippen LogP) is 2.94. The van der Waals surface area contributed by atoms with Crippen LogP contribution in [0.2, 0.25) is 0 Å². The molecule has 0 atom stereocenters. The first-order valence-corrected chi connectivity index (χ1v) is 9.08. The Morgan fingerprint density at radius 2 is 2.00 bits per heavy atom. The number of amides is 1. The van der Waals surface area contributed by atoms with Gasteiger partial charge in [0.05, 0.1) is 0 Å². The smallest absolute Gasteiger partial charge is 0.270 e. The molecule has 3 N–H and O–H groups in total. The lowest BCUT2D eigenvalue weighted by Crippen LogP contribution is -2.24. The first-order chi connectivity index (χ1) is 13.8. The summed E-state index contributed by atoms with van der Waals surface area (Å²) in [5, 5.41) is 7.25. The second-order valence-corrected chi connectivity index (χ2v) is 6.35. The summed E-state index contributed by atoms with van der Waals surface area (Å²) in [7, 11) is 0. The van der Waals surface area contributed by atoms with Crippen LogP contribution in [0.4, 0.5) is 5.95 Å². The van der Waals surface area contributed by atoms with E-state index in [2.05, 4.69) is 42.7 Å². The van der Waals surface area contributed by atoms with Crippen molar-refractivity contribution < 1.29 is 4.79 Å². The molecule has 4 rings (SSSR count). The second kappa shape index (κ2) is 8.30. The molecule has 0 saturated carbocycles. The van der Waals surface area contributed by atoms with Crippen LogP contribution in [0.1, 0.15) is 21.6 Å². The van der Waals surface area contributed by atoms with Crippen molar-refractivity contribution in [1.82, 2.24) is 25.3 Å². The molecule has 4 aromatic rings. The highest BCUT2D eigenvalue weighted by atomic mass is 16.1. The summed E-state index contributed by atoms with van der Waals surface area (Å²) in [6.45, 7) is 1.07. The Morgan fingerprint density at radius 3 is 2.89 bits per heavy atom. The standard InChI is InChI=1S/C21H20N6O/c28-20(26-13-15-4-3-9-22-12-15)19-8-11-24-21(27-19)23-10-7-16-14-25-18-6-2-1-5-17(16)18/h1-6,8-9,11-12,14,25H,7,10,13H2,(H,26,28)(H,23,24,27). The molecule has 0 spiro atoms. The number of carbonyl (C=O) groups excluding carboxylic acids is 1. The number of H-pyrrole nitrogens is 1. The molecule has 3 heterocycles. The van der Waals surface area contributed by atoms with Crippen LogP contribution in [0.5, 0.6) is 0 Å². The molecule has 7 heteroatoms. The fourth-order valence-corrected chi connectivity index (χ4v) is 2.99. The lowest BCUT2D eigenvalue weighted by molar-refractivity contribution is 0.0946. The molecule has 28 heavy (non-hydrogen) atoms. The Morgan fingerprint density at radius 1 is 1.07 bits per heavy atom. The maximum Gasteiger partial charge on any atom is 0.270 e. The molecule has 0 aliphatic rings. The van der Waals surface area contributed by atoms with E-state index in [1.54, 1.807) is 24.7 Å². The molecule has 0 bridgehead atoms. The normalized spacial score (nSPS) is 10.7. The third-order valence-corrected chi connectivity index (χ3v) is 4.42. The number of nitrogens with one attached hydrogen (secondary N) is 3. The molecular formula is C21H20N6O. The SMILES string of the molecule is O=C(NCc1cccnc1)c1ccnc(NCCc2c[nH]c3ccccc23)n1. The Labute approximate surface area is 162 Å². The van der Waals surface area contributed by atoms with E-state index in [1.165, 1.54) is 10.9 Å². The maximum absolute atomic E-state index is 12.3. The van der Waals surface area contributed by atoms with Crippen LogP contribution < -0.4 is 10.6 Å². The van der Waals surface area contributed by atoms with Crippen molar-refractivity contribution >= 4 is 22.8 Å². The molecule has 1 amide bonds. The highest BCUT2D eigenvalue weighted by Gasteiger charge is 2.09. The van der Waals surface area contributed by atoms with Crippen LogP contribution in [0.15, 0.2) is 67.3 Å². The molecule has 3 aromatic heterocycles. The number of rotatable bonds is 7. The molecule has 0 saturated heterocycles. The minimum absolute atomic E-state index is 0.245. The predicted molar refractivity (Wildman–Crippen MR) is 108 cm³/mol. The maximum atomic E-state index is 12.3. The Kier molecular flexibility index (Phi) is 5.24. The number of para-hydroxylation sites is 1. The van der Waals surface area contributed by atoms with Gasteiger partial charge in [0.1, 0.15) is 5.69 Å². The number of fused-ring (bicyclic) bond motifs is 1. The Hall–Kier alpha value is -3.74. The van der Waals surface area contributed by atoms with Crippen LogP contribution >= 0.6 is 0 Å². The first-order valence-electron chi connectivity index (χ1n) is 9.08. The summed E-state index contributed by atoms with van der Waals surface area (Å²) in [6, 6.07) is 13.5. The second-order valence-electron chi connectivity index (χ2n) is 6.35. The minimum atomic E-state index is -0.245. The number of benzene rings is 1. The zero-order valence-corrected chi connectivity index (χ0v) is 15.2. The summed E-state index contributed by atoms with van der Waals surface area (Å²) in [4.78, 5) is 28.1. The molecule has 140 valence electrons. The molecule has 0 fully saturated rings. The average Bonchev–Trinajstić information content (AvgIpc) is 3.16. The van der Waals surface area contributed by atoms with E-state index in [0.717, 1.165) is 17.5 Å². The third kappa shape index (κ3) is 4.15. The van der Waals surface area contributed by atoms with Gasteiger partial charge in [0, 0.05) is 48.8 Å². The molecular weight excluding hydrogens is 352 g/mol. The monoisotopic (exact) mass is 372 g/mol.